The second kappa shape index (κ2) is 4.19. The van der Waals surface area contributed by atoms with Crippen LogP contribution in [-0.4, -0.2) is 11.8 Å². The predicted octanol–water partition coefficient (Wildman–Crippen LogP) is 1.19. The highest BCUT2D eigenvalue weighted by molar-refractivity contribution is 6.00. The number of hydrogen-bond donors (Lipinski definition) is 1. The van der Waals surface area contributed by atoms with E-state index in [1.54, 1.807) is 0 Å². The number of terminal acetylenes is 1. The van der Waals surface area contributed by atoms with Crippen molar-refractivity contribution in [3.63, 3.8) is 0 Å². The van der Waals surface area contributed by atoms with Gasteiger partial charge in [0.05, 0.1) is 5.92 Å². The molecule has 1 saturated heterocycles. The van der Waals surface area contributed by atoms with Crippen LogP contribution in [0.5, 0.6) is 0 Å². The largest absolute Gasteiger partial charge is 0.296 e. The van der Waals surface area contributed by atoms with Gasteiger partial charge in [-0.15, -0.1) is 6.42 Å². The van der Waals surface area contributed by atoms with E-state index < -0.39 is 0 Å². The van der Waals surface area contributed by atoms with Gasteiger partial charge >= 0.3 is 0 Å². The number of carbonyl (C=O) groups is 2. The molecule has 0 aliphatic carbocycles. The second-order valence-corrected chi connectivity index (χ2v) is 3.77. The molecule has 1 fully saturated rings. The van der Waals surface area contributed by atoms with E-state index in [1.807, 2.05) is 24.3 Å². The molecule has 0 spiro atoms. The fraction of sp³-hybridized carbons (Fsp3) is 0.231. The van der Waals surface area contributed by atoms with Crippen LogP contribution in [0.4, 0.5) is 0 Å². The highest BCUT2D eigenvalue weighted by atomic mass is 16.2. The topological polar surface area (TPSA) is 46.2 Å². The van der Waals surface area contributed by atoms with E-state index in [0.29, 0.717) is 12.8 Å². The van der Waals surface area contributed by atoms with Crippen molar-refractivity contribution < 1.29 is 9.59 Å². The van der Waals surface area contributed by atoms with Crippen LogP contribution >= 0.6 is 0 Å². The maximum absolute atomic E-state index is 11.6. The van der Waals surface area contributed by atoms with Gasteiger partial charge in [-0.2, -0.15) is 0 Å². The Bertz CT molecular complexity index is 485. The van der Waals surface area contributed by atoms with Gasteiger partial charge in [-0.25, -0.2) is 0 Å². The van der Waals surface area contributed by atoms with E-state index >= 15 is 0 Å². The number of piperidine rings is 1. The zero-order valence-corrected chi connectivity index (χ0v) is 8.69. The summed E-state index contributed by atoms with van der Waals surface area (Å²) in [5.41, 5.74) is 1.63. The van der Waals surface area contributed by atoms with Crippen LogP contribution in [0.3, 0.4) is 0 Å². The standard InChI is InChI=1S/C13H11NO2/c1-2-9-4-3-5-10(8-9)11-6-7-12(15)14-13(11)16/h1,3-5,8,11H,6-7H2,(H,14,15,16). The molecule has 0 radical (unpaired) electrons. The number of carbonyl (C=O) groups excluding carboxylic acids is 2. The van der Waals surface area contributed by atoms with Crippen molar-refractivity contribution in [3.05, 3.63) is 35.4 Å². The summed E-state index contributed by atoms with van der Waals surface area (Å²) >= 11 is 0. The first-order valence-corrected chi connectivity index (χ1v) is 5.11. The molecule has 1 aliphatic rings. The molecule has 1 aliphatic heterocycles. The zero-order chi connectivity index (χ0) is 11.5. The Labute approximate surface area is 93.9 Å². The van der Waals surface area contributed by atoms with E-state index in [-0.39, 0.29) is 17.7 Å². The normalized spacial score (nSPS) is 20.1. The highest BCUT2D eigenvalue weighted by Gasteiger charge is 2.27. The number of imide groups is 1. The molecule has 0 bridgehead atoms. The van der Waals surface area contributed by atoms with Crippen molar-refractivity contribution in [1.82, 2.24) is 5.32 Å². The fourth-order valence-electron chi connectivity index (χ4n) is 1.86. The predicted molar refractivity (Wildman–Crippen MR) is 59.5 cm³/mol. The lowest BCUT2D eigenvalue weighted by atomic mass is 9.90. The molecule has 0 saturated carbocycles. The van der Waals surface area contributed by atoms with Crippen LogP contribution in [0.1, 0.15) is 29.9 Å². The molecule has 1 unspecified atom stereocenters. The zero-order valence-electron chi connectivity index (χ0n) is 8.69. The fourth-order valence-corrected chi connectivity index (χ4v) is 1.86. The molecule has 1 atom stereocenters. The van der Waals surface area contributed by atoms with Gasteiger partial charge in [0, 0.05) is 12.0 Å². The second-order valence-electron chi connectivity index (χ2n) is 3.77. The molecule has 1 aromatic carbocycles. The Morgan fingerprint density at radius 1 is 1.38 bits per heavy atom. The first kappa shape index (κ1) is 10.4. The summed E-state index contributed by atoms with van der Waals surface area (Å²) in [7, 11) is 0. The first-order valence-electron chi connectivity index (χ1n) is 5.11. The summed E-state index contributed by atoms with van der Waals surface area (Å²) < 4.78 is 0. The van der Waals surface area contributed by atoms with E-state index in [2.05, 4.69) is 11.2 Å². The van der Waals surface area contributed by atoms with Crippen molar-refractivity contribution in [2.45, 2.75) is 18.8 Å². The third kappa shape index (κ3) is 1.96. The van der Waals surface area contributed by atoms with Crippen LogP contribution in [0, 0.1) is 12.3 Å². The molecule has 2 rings (SSSR count). The van der Waals surface area contributed by atoms with E-state index in [0.717, 1.165) is 11.1 Å². The lowest BCUT2D eigenvalue weighted by Gasteiger charge is -2.21. The lowest BCUT2D eigenvalue weighted by Crippen LogP contribution is -2.39. The Balaban J connectivity index is 2.27. The van der Waals surface area contributed by atoms with E-state index in [9.17, 15) is 9.59 Å². The molecule has 3 heteroatoms. The van der Waals surface area contributed by atoms with E-state index in [1.165, 1.54) is 0 Å². The molecule has 1 aromatic rings. The van der Waals surface area contributed by atoms with Crippen molar-refractivity contribution in [2.75, 3.05) is 0 Å². The quantitative estimate of drug-likeness (QED) is 0.562. The number of nitrogens with one attached hydrogen (secondary N) is 1. The molecule has 80 valence electrons. The molecule has 0 aromatic heterocycles. The summed E-state index contributed by atoms with van der Waals surface area (Å²) in [6, 6.07) is 7.32. The molecular formula is C13H11NO2. The van der Waals surface area contributed by atoms with Crippen molar-refractivity contribution in [3.8, 4) is 12.3 Å². The van der Waals surface area contributed by atoms with Crippen LogP contribution < -0.4 is 5.32 Å². The van der Waals surface area contributed by atoms with Gasteiger partial charge in [0.15, 0.2) is 0 Å². The van der Waals surface area contributed by atoms with Gasteiger partial charge < -0.3 is 0 Å². The van der Waals surface area contributed by atoms with Gasteiger partial charge in [-0.05, 0) is 24.1 Å². The maximum Gasteiger partial charge on any atom is 0.234 e. The molecule has 1 N–H and O–H groups in total. The minimum absolute atomic E-state index is 0.200. The van der Waals surface area contributed by atoms with Gasteiger partial charge in [0.2, 0.25) is 11.8 Å². The van der Waals surface area contributed by atoms with Crippen molar-refractivity contribution in [2.24, 2.45) is 0 Å². The lowest BCUT2D eigenvalue weighted by molar-refractivity contribution is -0.134. The summed E-state index contributed by atoms with van der Waals surface area (Å²) in [5.74, 6) is 1.84. The summed E-state index contributed by atoms with van der Waals surface area (Å²) in [6.45, 7) is 0. The minimum atomic E-state index is -0.258. The maximum atomic E-state index is 11.6. The van der Waals surface area contributed by atoms with Crippen LogP contribution in [0.25, 0.3) is 0 Å². The van der Waals surface area contributed by atoms with Gasteiger partial charge in [0.25, 0.3) is 0 Å². The summed E-state index contributed by atoms with van der Waals surface area (Å²) in [6.07, 6.45) is 6.24. The third-order valence-corrected chi connectivity index (χ3v) is 2.69. The Hall–Kier alpha value is -2.08. The number of rotatable bonds is 1. The summed E-state index contributed by atoms with van der Waals surface area (Å²) in [5, 5.41) is 2.34. The molecule has 1 heterocycles. The number of benzene rings is 1. The third-order valence-electron chi connectivity index (χ3n) is 2.69. The minimum Gasteiger partial charge on any atom is -0.296 e. The van der Waals surface area contributed by atoms with Gasteiger partial charge in [-0.3, -0.25) is 14.9 Å². The summed E-state index contributed by atoms with van der Waals surface area (Å²) in [4.78, 5) is 22.6. The molecular weight excluding hydrogens is 202 g/mol. The molecule has 16 heavy (non-hydrogen) atoms. The average molecular weight is 213 g/mol. The van der Waals surface area contributed by atoms with Crippen LogP contribution in [0.15, 0.2) is 24.3 Å². The number of amides is 2. The van der Waals surface area contributed by atoms with Crippen LogP contribution in [-0.2, 0) is 9.59 Å². The Morgan fingerprint density at radius 3 is 2.88 bits per heavy atom. The number of hydrogen-bond acceptors (Lipinski definition) is 2. The van der Waals surface area contributed by atoms with E-state index in [4.69, 9.17) is 6.42 Å². The Kier molecular flexibility index (Phi) is 2.74. The van der Waals surface area contributed by atoms with Gasteiger partial charge in [-0.1, -0.05) is 18.1 Å². The van der Waals surface area contributed by atoms with Crippen molar-refractivity contribution >= 4 is 11.8 Å². The monoisotopic (exact) mass is 213 g/mol. The SMILES string of the molecule is C#Cc1cccc(C2CCC(=O)NC2=O)c1. The Morgan fingerprint density at radius 2 is 2.19 bits per heavy atom. The van der Waals surface area contributed by atoms with Crippen molar-refractivity contribution in [1.29, 1.82) is 0 Å². The molecule has 3 nitrogen and oxygen atoms in total. The first-order chi connectivity index (χ1) is 7.70. The van der Waals surface area contributed by atoms with Crippen LogP contribution in [0.2, 0.25) is 0 Å². The average Bonchev–Trinajstić information content (AvgIpc) is 2.29. The smallest absolute Gasteiger partial charge is 0.234 e. The molecule has 2 amide bonds. The van der Waals surface area contributed by atoms with Gasteiger partial charge in [0.1, 0.15) is 0 Å². The highest BCUT2D eigenvalue weighted by Crippen LogP contribution is 2.25.